The topological polar surface area (TPSA) is 44.3 Å². The summed E-state index contributed by atoms with van der Waals surface area (Å²) >= 11 is 0. The van der Waals surface area contributed by atoms with E-state index in [1.807, 2.05) is 6.08 Å². The summed E-state index contributed by atoms with van der Waals surface area (Å²) in [5.41, 5.74) is 6.96. The number of hydrogen-bond donors (Lipinski definition) is 3. The summed E-state index contributed by atoms with van der Waals surface area (Å²) in [7, 11) is 0. The summed E-state index contributed by atoms with van der Waals surface area (Å²) in [5, 5.41) is 9.13. The fourth-order valence-electron chi connectivity index (χ4n) is 1.17. The van der Waals surface area contributed by atoms with Crippen molar-refractivity contribution in [3.63, 3.8) is 0 Å². The molecule has 0 saturated carbocycles. The Bertz CT molecular complexity index is 195. The van der Waals surface area contributed by atoms with Crippen molar-refractivity contribution >= 4 is 0 Å². The van der Waals surface area contributed by atoms with Crippen molar-refractivity contribution in [2.24, 2.45) is 5.92 Å². The first-order chi connectivity index (χ1) is 4.38. The van der Waals surface area contributed by atoms with Crippen LogP contribution in [0.1, 0.15) is 0 Å². The van der Waals surface area contributed by atoms with Crippen LogP contribution < -0.4 is 10.9 Å². The van der Waals surface area contributed by atoms with Gasteiger partial charge < -0.3 is 10.5 Å². The van der Waals surface area contributed by atoms with Gasteiger partial charge in [-0.2, -0.15) is 0 Å². The van der Waals surface area contributed by atoms with Crippen LogP contribution in [0, 0.1) is 5.92 Å². The fourth-order valence-corrected chi connectivity index (χ4v) is 1.17. The van der Waals surface area contributed by atoms with Crippen LogP contribution in [0.3, 0.4) is 0 Å². The summed E-state index contributed by atoms with van der Waals surface area (Å²) in [6, 6.07) is 0. The quantitative estimate of drug-likeness (QED) is 0.427. The normalized spacial score (nSPS) is 30.9. The summed E-state index contributed by atoms with van der Waals surface area (Å²) < 4.78 is 0. The van der Waals surface area contributed by atoms with Crippen LogP contribution in [-0.4, -0.2) is 11.7 Å². The van der Waals surface area contributed by atoms with Crippen LogP contribution in [-0.2, 0) is 0 Å². The zero-order valence-electron chi connectivity index (χ0n) is 4.89. The molecule has 1 aliphatic heterocycles. The monoisotopic (exact) mass is 124 g/mol. The van der Waals surface area contributed by atoms with Crippen molar-refractivity contribution in [2.45, 2.75) is 0 Å². The Morgan fingerprint density at radius 2 is 2.44 bits per heavy atom. The van der Waals surface area contributed by atoms with Gasteiger partial charge in [0.15, 0.2) is 0 Å². The number of allylic oxidation sites excluding steroid dienone is 2. The van der Waals surface area contributed by atoms with Crippen LogP contribution >= 0.6 is 0 Å². The molecule has 9 heavy (non-hydrogen) atoms. The SMILES string of the molecule is OC1=CC=C2NNCC12. The van der Waals surface area contributed by atoms with Gasteiger partial charge in [0.2, 0.25) is 0 Å². The second kappa shape index (κ2) is 1.51. The maximum absolute atomic E-state index is 9.13. The minimum absolute atomic E-state index is 0.199. The van der Waals surface area contributed by atoms with Gasteiger partial charge in [0.05, 0.1) is 5.92 Å². The molecule has 1 fully saturated rings. The second-order valence-corrected chi connectivity index (χ2v) is 2.27. The molecule has 0 spiro atoms. The van der Waals surface area contributed by atoms with E-state index in [9.17, 15) is 0 Å². The molecular formula is C6H8N2O. The number of nitrogens with one attached hydrogen (secondary N) is 2. The number of aliphatic hydroxyl groups is 1. The highest BCUT2D eigenvalue weighted by Crippen LogP contribution is 2.24. The van der Waals surface area contributed by atoms with Crippen molar-refractivity contribution in [3.05, 3.63) is 23.6 Å². The van der Waals surface area contributed by atoms with Crippen LogP contribution in [0.25, 0.3) is 0 Å². The minimum atomic E-state index is 0.199. The fraction of sp³-hybridized carbons (Fsp3) is 0.333. The first kappa shape index (κ1) is 4.88. The van der Waals surface area contributed by atoms with Crippen LogP contribution in [0.15, 0.2) is 23.6 Å². The third-order valence-corrected chi connectivity index (χ3v) is 1.71. The average Bonchev–Trinajstić information content (AvgIpc) is 2.35. The highest BCUT2D eigenvalue weighted by molar-refractivity contribution is 5.31. The molecule has 0 aromatic heterocycles. The highest BCUT2D eigenvalue weighted by Gasteiger charge is 2.26. The molecule has 2 rings (SSSR count). The van der Waals surface area contributed by atoms with Gasteiger partial charge >= 0.3 is 0 Å². The lowest BCUT2D eigenvalue weighted by molar-refractivity contribution is 0.363. The van der Waals surface area contributed by atoms with Crippen molar-refractivity contribution in [1.29, 1.82) is 0 Å². The molecule has 1 unspecified atom stereocenters. The zero-order chi connectivity index (χ0) is 6.27. The van der Waals surface area contributed by atoms with E-state index >= 15 is 0 Å². The van der Waals surface area contributed by atoms with E-state index in [0.29, 0.717) is 5.76 Å². The van der Waals surface area contributed by atoms with Gasteiger partial charge in [-0.05, 0) is 12.2 Å². The largest absolute Gasteiger partial charge is 0.512 e. The van der Waals surface area contributed by atoms with Gasteiger partial charge in [0.1, 0.15) is 5.76 Å². The predicted octanol–water partition coefficient (Wildman–Crippen LogP) is 0.0498. The molecule has 1 saturated heterocycles. The zero-order valence-corrected chi connectivity index (χ0v) is 4.89. The van der Waals surface area contributed by atoms with Gasteiger partial charge in [-0.3, -0.25) is 0 Å². The lowest BCUT2D eigenvalue weighted by Gasteiger charge is -2.00. The first-order valence-electron chi connectivity index (χ1n) is 2.97. The Kier molecular flexibility index (Phi) is 0.818. The van der Waals surface area contributed by atoms with Gasteiger partial charge in [0, 0.05) is 12.2 Å². The number of hydrazine groups is 1. The van der Waals surface area contributed by atoms with E-state index in [4.69, 9.17) is 5.11 Å². The van der Waals surface area contributed by atoms with Crippen LogP contribution in [0.5, 0.6) is 0 Å². The van der Waals surface area contributed by atoms with Crippen molar-refractivity contribution in [2.75, 3.05) is 6.54 Å². The summed E-state index contributed by atoms with van der Waals surface area (Å²) in [5.74, 6) is 0.660. The lowest BCUT2D eigenvalue weighted by Crippen LogP contribution is -2.20. The molecule has 3 heteroatoms. The molecule has 48 valence electrons. The highest BCUT2D eigenvalue weighted by atomic mass is 16.3. The Morgan fingerprint density at radius 3 is 3.22 bits per heavy atom. The van der Waals surface area contributed by atoms with E-state index in [1.165, 1.54) is 0 Å². The van der Waals surface area contributed by atoms with Crippen molar-refractivity contribution < 1.29 is 5.11 Å². The molecule has 0 aromatic rings. The summed E-state index contributed by atoms with van der Waals surface area (Å²) in [6.45, 7) is 0.800. The Hall–Kier alpha value is -0.960. The third-order valence-electron chi connectivity index (χ3n) is 1.71. The van der Waals surface area contributed by atoms with Crippen LogP contribution in [0.2, 0.25) is 0 Å². The smallest absolute Gasteiger partial charge is 0.103 e. The van der Waals surface area contributed by atoms with Crippen molar-refractivity contribution in [1.82, 2.24) is 10.9 Å². The molecule has 3 N–H and O–H groups in total. The standard InChI is InChI=1S/C6H8N2O/c9-6-2-1-5-4(6)3-7-8-5/h1-2,4,7-9H,3H2. The third kappa shape index (κ3) is 0.549. The van der Waals surface area contributed by atoms with Crippen molar-refractivity contribution in [3.8, 4) is 0 Å². The number of rotatable bonds is 0. The van der Waals surface area contributed by atoms with Gasteiger partial charge in [-0.1, -0.05) is 0 Å². The molecule has 0 aromatic carbocycles. The maximum Gasteiger partial charge on any atom is 0.103 e. The van der Waals surface area contributed by atoms with E-state index in [-0.39, 0.29) is 5.92 Å². The molecule has 3 nitrogen and oxygen atoms in total. The number of aliphatic hydroxyl groups excluding tert-OH is 1. The molecule has 0 bridgehead atoms. The Labute approximate surface area is 53.0 Å². The number of fused-ring (bicyclic) bond motifs is 1. The summed E-state index contributed by atoms with van der Waals surface area (Å²) in [6.07, 6.45) is 3.62. The van der Waals surface area contributed by atoms with Gasteiger partial charge in [0.25, 0.3) is 0 Å². The Balaban J connectivity index is 2.28. The predicted molar refractivity (Wildman–Crippen MR) is 33.4 cm³/mol. The average molecular weight is 124 g/mol. The van der Waals surface area contributed by atoms with E-state index in [1.54, 1.807) is 6.08 Å². The lowest BCUT2D eigenvalue weighted by atomic mass is 10.1. The van der Waals surface area contributed by atoms with E-state index in [2.05, 4.69) is 10.9 Å². The maximum atomic E-state index is 9.13. The summed E-state index contributed by atoms with van der Waals surface area (Å²) in [4.78, 5) is 0. The van der Waals surface area contributed by atoms with Crippen LogP contribution in [0.4, 0.5) is 0 Å². The number of hydrogen-bond acceptors (Lipinski definition) is 3. The molecule has 1 heterocycles. The van der Waals surface area contributed by atoms with Gasteiger partial charge in [-0.25, -0.2) is 5.43 Å². The molecule has 1 aliphatic carbocycles. The molecular weight excluding hydrogens is 116 g/mol. The minimum Gasteiger partial charge on any atom is -0.512 e. The molecule has 0 radical (unpaired) electrons. The molecule has 0 amide bonds. The Morgan fingerprint density at radius 1 is 1.56 bits per heavy atom. The van der Waals surface area contributed by atoms with E-state index in [0.717, 1.165) is 12.2 Å². The van der Waals surface area contributed by atoms with Gasteiger partial charge in [-0.15, -0.1) is 0 Å². The first-order valence-corrected chi connectivity index (χ1v) is 2.97. The second-order valence-electron chi connectivity index (χ2n) is 2.27. The molecule has 1 atom stereocenters. The van der Waals surface area contributed by atoms with E-state index < -0.39 is 0 Å². The molecule has 2 aliphatic rings.